The number of aliphatic carboxylic acids is 2. The molecule has 4 saturated heterocycles. The van der Waals surface area contributed by atoms with Gasteiger partial charge in [0.15, 0.2) is 41.4 Å². The second-order valence-electron chi connectivity index (χ2n) is 29.4. The first-order valence-electron chi connectivity index (χ1n) is 38.3. The van der Waals surface area contributed by atoms with E-state index >= 15 is 0 Å². The van der Waals surface area contributed by atoms with E-state index in [-0.39, 0.29) is 157 Å². The van der Waals surface area contributed by atoms with Gasteiger partial charge in [0, 0.05) is 81.9 Å². The van der Waals surface area contributed by atoms with Gasteiger partial charge >= 0.3 is 24.0 Å². The van der Waals surface area contributed by atoms with Gasteiger partial charge in [0.2, 0.25) is 18.5 Å². The molecule has 41 nitrogen and oxygen atoms in total. The summed E-state index contributed by atoms with van der Waals surface area (Å²) < 4.78 is 63.0. The lowest BCUT2D eigenvalue weighted by molar-refractivity contribution is -0.271. The number of ether oxygens (including phenoxy) is 11. The van der Waals surface area contributed by atoms with Crippen LogP contribution in [0.2, 0.25) is 0 Å². The number of hydrogen-bond acceptors (Lipinski definition) is 31. The molecule has 7 aliphatic heterocycles. The van der Waals surface area contributed by atoms with Crippen LogP contribution < -0.4 is 49.3 Å². The van der Waals surface area contributed by atoms with E-state index < -0.39 is 176 Å². The smallest absolute Gasteiger partial charge is 0.416 e. The summed E-state index contributed by atoms with van der Waals surface area (Å²) in [5, 5.41) is 115. The Hall–Kier alpha value is -12.2. The Balaban J connectivity index is 0.717. The summed E-state index contributed by atoms with van der Waals surface area (Å²) in [4.78, 5) is 160. The molecule has 121 heavy (non-hydrogen) atoms. The zero-order chi connectivity index (χ0) is 86.9. The number of unbranched alkanes of at least 4 members (excludes halogenated alkanes) is 2. The van der Waals surface area contributed by atoms with Crippen LogP contribution >= 0.6 is 0 Å². The Morgan fingerprint density at radius 1 is 0.570 bits per heavy atom. The van der Waals surface area contributed by atoms with Crippen LogP contribution in [0.25, 0.3) is 0 Å². The maximum Gasteiger partial charge on any atom is 0.416 e. The molecule has 5 aromatic rings. The summed E-state index contributed by atoms with van der Waals surface area (Å²) in [6.45, 7) is 6.76. The molecule has 648 valence electrons. The van der Waals surface area contributed by atoms with Gasteiger partial charge in [0.05, 0.1) is 80.9 Å². The minimum atomic E-state index is -2.10. The molecule has 7 aliphatic rings. The van der Waals surface area contributed by atoms with E-state index in [1.54, 1.807) is 0 Å². The summed E-state index contributed by atoms with van der Waals surface area (Å²) in [5.74, 6) is -11.4. The van der Waals surface area contributed by atoms with E-state index in [1.165, 1.54) is 104 Å². The van der Waals surface area contributed by atoms with Crippen molar-refractivity contribution in [3.8, 4) is 34.5 Å². The van der Waals surface area contributed by atoms with Gasteiger partial charge in [0.1, 0.15) is 73.3 Å². The van der Waals surface area contributed by atoms with Gasteiger partial charge in [0.25, 0.3) is 35.4 Å². The molecular formula is C80H91N9O32. The molecule has 0 aliphatic carbocycles. The van der Waals surface area contributed by atoms with Crippen molar-refractivity contribution in [3.05, 3.63) is 154 Å². The molecule has 0 spiro atoms. The number of carboxylic acid groups (broad SMARTS) is 2. The van der Waals surface area contributed by atoms with Gasteiger partial charge in [-0.25, -0.2) is 24.3 Å². The fraction of sp³-hybridized carbons (Fsp3) is 0.450. The SMILES string of the molecule is C=C1C[C@H]2C(O)C(C(=O)OCc3ccc(O[C@@H]4O[C@H](C(=O)O)[C@@H](O)[C@H](O)[C@H]4O)c(C(=O)NCCCNC(=O)[C@H](Cc4cnc[nH]4)N4C(=O)C=CC4=O)c3)c3cc(OCCCCCOc4cc5c(cc4OC)C(=O)N4CC(=C)C[C@H]4C(O)N5C(=O)OCc4ccc(O[C@@H]5O[C@H](C(=O)O)[C@@H](O)[C@H](O)[C@H]5O)c(C(=O)NCCOC)c4)c(OC)cc3C(=O)N2C1. The minimum absolute atomic E-state index is 0.00102. The Kier molecular flexibility index (Phi) is 28.0. The number of methoxy groups -OCH3 is 3. The van der Waals surface area contributed by atoms with E-state index in [4.69, 9.17) is 52.1 Å². The highest BCUT2D eigenvalue weighted by Crippen LogP contribution is 2.46. The number of amides is 8. The summed E-state index contributed by atoms with van der Waals surface area (Å²) in [5.41, 5.74) is 1.04. The standard InChI is InChI=1S/C80H91N9O32/c1-37-22-48-60(92)59(77(109)116-34-39-10-12-51(118-78-65(97)61(93)63(95)67(120-78)75(105)106)45(24-39)69(99)82-16-9-17-83-71(101)49(26-41-31-81-36-85-41)88-57(90)14-15-58(88)91)42-27-55(53(112-4)28-43(42)72(102)86(48)32-37)114-19-7-6-8-20-115-56-30-47-44(29-54(56)113-5)73(103)87-33-38(2)23-50(87)74(104)89(47)80(110)117-35-40-11-13-52(46(25-40)70(100)84-18-21-111-3)119-79-66(98)62(94)64(96)68(121-79)76(107)108/h10-15,24-25,27-31,36,48-50,59-68,74,78-79,92-98,104H,1-2,6-9,16-23,26,32-35H2,3-5H3,(H,81,85)(H,82,99)(H,83,101)(H,84,100)(H,105,106)(H,107,108)/t48-,49-,50-,59?,60?,61-,62-,63-,64-,65+,66+,67-,68-,74?,78+,79+/m0/s1. The third kappa shape index (κ3) is 19.2. The number of nitrogens with one attached hydrogen (secondary N) is 4. The minimum Gasteiger partial charge on any atom is -0.493 e. The predicted octanol–water partition coefficient (Wildman–Crippen LogP) is -1.04. The largest absolute Gasteiger partial charge is 0.493 e. The molecular weight excluding hydrogens is 1600 g/mol. The summed E-state index contributed by atoms with van der Waals surface area (Å²) >= 11 is 0. The van der Waals surface area contributed by atoms with E-state index in [0.29, 0.717) is 36.1 Å². The number of carboxylic acids is 2. The highest BCUT2D eigenvalue weighted by Gasteiger charge is 2.53. The lowest BCUT2D eigenvalue weighted by Gasteiger charge is -2.38. The van der Waals surface area contributed by atoms with E-state index in [0.717, 1.165) is 22.0 Å². The van der Waals surface area contributed by atoms with Gasteiger partial charge in [-0.1, -0.05) is 36.4 Å². The molecule has 12 rings (SSSR count). The fourth-order valence-corrected chi connectivity index (χ4v) is 15.0. The van der Waals surface area contributed by atoms with Gasteiger partial charge in [-0.15, -0.1) is 0 Å². The number of fused-ring (bicyclic) bond motifs is 4. The Morgan fingerprint density at radius 2 is 1.09 bits per heavy atom. The first kappa shape index (κ1) is 88.1. The van der Waals surface area contributed by atoms with Crippen LogP contribution in [-0.2, 0) is 72.1 Å². The number of aromatic amines is 1. The number of aliphatic hydroxyl groups excluding tert-OH is 8. The average molecular weight is 1690 g/mol. The number of anilines is 1. The molecule has 8 heterocycles. The Morgan fingerprint density at radius 3 is 1.64 bits per heavy atom. The number of carbonyl (C=O) groups excluding carboxylic acids is 9. The molecule has 41 heteroatoms. The molecule has 0 radical (unpaired) electrons. The third-order valence-electron chi connectivity index (χ3n) is 21.3. The normalized spacial score (nSPS) is 25.1. The van der Waals surface area contributed by atoms with Crippen molar-refractivity contribution in [2.24, 2.45) is 0 Å². The topological polar surface area (TPSA) is 569 Å². The number of carbonyl (C=O) groups is 11. The number of benzene rings is 4. The number of hydrogen-bond donors (Lipinski definition) is 14. The number of H-pyrrole nitrogens is 1. The van der Waals surface area contributed by atoms with E-state index in [2.05, 4.69) is 39.1 Å². The van der Waals surface area contributed by atoms with Gasteiger partial charge in [-0.3, -0.25) is 43.3 Å². The van der Waals surface area contributed by atoms with Crippen molar-refractivity contribution >= 4 is 71.0 Å². The van der Waals surface area contributed by atoms with Gasteiger partial charge in [-0.05, 0) is 97.7 Å². The molecule has 4 fully saturated rings. The predicted molar refractivity (Wildman–Crippen MR) is 409 cm³/mol. The van der Waals surface area contributed by atoms with Crippen molar-refractivity contribution in [3.63, 3.8) is 0 Å². The van der Waals surface area contributed by atoms with Gasteiger partial charge in [-0.2, -0.15) is 0 Å². The second-order valence-corrected chi connectivity index (χ2v) is 29.4. The maximum atomic E-state index is 14.8. The van der Waals surface area contributed by atoms with E-state index in [1.807, 2.05) is 0 Å². The van der Waals surface area contributed by atoms with Crippen molar-refractivity contribution in [2.45, 2.75) is 156 Å². The monoisotopic (exact) mass is 1690 g/mol. The fourth-order valence-electron chi connectivity index (χ4n) is 15.0. The quantitative estimate of drug-likeness (QED) is 0.0101. The Bertz CT molecular complexity index is 4810. The van der Waals surface area contributed by atoms with Crippen LogP contribution in [0.1, 0.15) is 108 Å². The van der Waals surface area contributed by atoms with Crippen molar-refractivity contribution in [1.82, 2.24) is 40.6 Å². The lowest BCUT2D eigenvalue weighted by Crippen LogP contribution is -2.61. The van der Waals surface area contributed by atoms with Crippen molar-refractivity contribution < 1.29 is 156 Å². The van der Waals surface area contributed by atoms with Crippen LogP contribution in [0.3, 0.4) is 0 Å². The number of imidazole rings is 1. The van der Waals surface area contributed by atoms with Crippen LogP contribution in [-0.4, -0.2) is 307 Å². The number of rotatable bonds is 34. The molecule has 4 aromatic carbocycles. The zero-order valence-corrected chi connectivity index (χ0v) is 65.4. The lowest BCUT2D eigenvalue weighted by atomic mass is 9.86. The van der Waals surface area contributed by atoms with Crippen LogP contribution in [0.5, 0.6) is 34.5 Å². The zero-order valence-electron chi connectivity index (χ0n) is 65.4. The molecule has 0 saturated carbocycles. The number of nitrogens with zero attached hydrogens (tertiary/aromatic N) is 5. The molecule has 0 bridgehead atoms. The molecule has 16 atom stereocenters. The molecule has 14 N–H and O–H groups in total. The number of aromatic nitrogens is 2. The molecule has 8 amide bonds. The summed E-state index contributed by atoms with van der Waals surface area (Å²) in [7, 11) is 4.06. The van der Waals surface area contributed by atoms with Crippen LogP contribution in [0, 0.1) is 0 Å². The summed E-state index contributed by atoms with van der Waals surface area (Å²) in [6, 6.07) is 9.77. The number of esters is 1. The number of aliphatic hydroxyl groups is 8. The van der Waals surface area contributed by atoms with Crippen molar-refractivity contribution in [2.75, 3.05) is 78.8 Å². The maximum absolute atomic E-state index is 14.8. The highest BCUT2D eigenvalue weighted by atomic mass is 16.7. The third-order valence-corrected chi connectivity index (χ3v) is 21.3. The second kappa shape index (κ2) is 38.5. The first-order chi connectivity index (χ1) is 57.9. The first-order valence-corrected chi connectivity index (χ1v) is 38.3. The highest BCUT2D eigenvalue weighted by molar-refractivity contribution is 6.15. The van der Waals surface area contributed by atoms with Crippen LogP contribution in [0.15, 0.2) is 110 Å². The van der Waals surface area contributed by atoms with E-state index in [9.17, 15) is 104 Å². The number of imide groups is 1. The van der Waals surface area contributed by atoms with Gasteiger partial charge < -0.3 is 134 Å². The molecule has 3 unspecified atom stereocenters. The summed E-state index contributed by atoms with van der Waals surface area (Å²) in [6.07, 6.45) is -18.8. The Labute approximate surface area is 688 Å². The average Bonchev–Trinajstić information content (AvgIpc) is 1.60. The molecule has 1 aromatic heterocycles. The van der Waals surface area contributed by atoms with Crippen molar-refractivity contribution in [1.29, 1.82) is 0 Å². The van der Waals surface area contributed by atoms with Crippen LogP contribution in [0.4, 0.5) is 10.5 Å².